The van der Waals surface area contributed by atoms with Crippen molar-refractivity contribution in [3.8, 4) is 5.75 Å². The molecule has 0 radical (unpaired) electrons. The van der Waals surface area contributed by atoms with Gasteiger partial charge in [0, 0.05) is 6.07 Å². The molecule has 1 aromatic rings. The van der Waals surface area contributed by atoms with Crippen LogP contribution in [0.2, 0.25) is 0 Å². The number of ether oxygens (including phenoxy) is 1. The van der Waals surface area contributed by atoms with Gasteiger partial charge in [-0.1, -0.05) is 26.7 Å². The Labute approximate surface area is 114 Å². The molecule has 0 spiro atoms. The summed E-state index contributed by atoms with van der Waals surface area (Å²) in [7, 11) is 0. The lowest BCUT2D eigenvalue weighted by Crippen LogP contribution is -2.25. The van der Waals surface area contributed by atoms with Gasteiger partial charge in [0.1, 0.15) is 23.2 Å². The highest BCUT2D eigenvalue weighted by molar-refractivity contribution is 5.61. The minimum atomic E-state index is -0.294. The van der Waals surface area contributed by atoms with E-state index in [1.54, 1.807) is 6.92 Å². The van der Waals surface area contributed by atoms with Gasteiger partial charge in [0.2, 0.25) is 0 Å². The molecule has 1 aliphatic rings. The topological polar surface area (TPSA) is 39.4 Å². The van der Waals surface area contributed by atoms with Crippen LogP contribution in [0.1, 0.15) is 57.3 Å². The first-order chi connectivity index (χ1) is 9.15. The van der Waals surface area contributed by atoms with E-state index < -0.39 is 0 Å². The Bertz CT molecular complexity index is 525. The van der Waals surface area contributed by atoms with Gasteiger partial charge in [-0.2, -0.15) is 0 Å². The summed E-state index contributed by atoms with van der Waals surface area (Å²) in [5.74, 6) is 1.28. The van der Waals surface area contributed by atoms with Gasteiger partial charge in [-0.15, -0.1) is 0 Å². The fourth-order valence-corrected chi connectivity index (χ4v) is 2.48. The molecule has 1 unspecified atom stereocenters. The highest BCUT2D eigenvalue weighted by atomic mass is 16.5. The van der Waals surface area contributed by atoms with Gasteiger partial charge in [0.15, 0.2) is 0 Å². The van der Waals surface area contributed by atoms with Crippen molar-refractivity contribution in [2.24, 2.45) is 0 Å². The fourth-order valence-electron chi connectivity index (χ4n) is 2.48. The van der Waals surface area contributed by atoms with E-state index in [1.165, 1.54) is 5.57 Å². The maximum atomic E-state index is 11.9. The van der Waals surface area contributed by atoms with Crippen molar-refractivity contribution in [1.82, 2.24) is 0 Å². The lowest BCUT2D eigenvalue weighted by Gasteiger charge is -2.27. The maximum Gasteiger partial charge on any atom is 0.346 e. The molecule has 0 aromatic carbocycles. The zero-order valence-electron chi connectivity index (χ0n) is 12.0. The van der Waals surface area contributed by atoms with E-state index >= 15 is 0 Å². The Morgan fingerprint density at radius 2 is 2.05 bits per heavy atom. The Hall–Kier alpha value is -1.51. The van der Waals surface area contributed by atoms with Crippen molar-refractivity contribution in [3.63, 3.8) is 0 Å². The van der Waals surface area contributed by atoms with E-state index in [9.17, 15) is 4.79 Å². The number of aryl methyl sites for hydroxylation is 1. The Balaban J connectivity index is 2.36. The van der Waals surface area contributed by atoms with Gasteiger partial charge in [-0.25, -0.2) is 4.79 Å². The van der Waals surface area contributed by atoms with Crippen LogP contribution < -0.4 is 10.4 Å². The molecule has 0 saturated carbocycles. The number of hydrogen-bond acceptors (Lipinski definition) is 3. The van der Waals surface area contributed by atoms with E-state index in [4.69, 9.17) is 9.15 Å². The van der Waals surface area contributed by atoms with Crippen LogP contribution in [0, 0.1) is 6.92 Å². The average Bonchev–Trinajstić information content (AvgIpc) is 2.37. The Morgan fingerprint density at radius 3 is 2.74 bits per heavy atom. The van der Waals surface area contributed by atoms with Crippen LogP contribution in [0.15, 0.2) is 20.9 Å². The van der Waals surface area contributed by atoms with Crippen LogP contribution in [0.4, 0.5) is 0 Å². The van der Waals surface area contributed by atoms with Crippen LogP contribution in [0.25, 0.3) is 6.08 Å². The molecule has 3 nitrogen and oxygen atoms in total. The Morgan fingerprint density at radius 1 is 1.26 bits per heavy atom. The zero-order valence-corrected chi connectivity index (χ0v) is 12.0. The molecule has 1 aliphatic heterocycles. The molecule has 0 saturated heterocycles. The lowest BCUT2D eigenvalue weighted by atomic mass is 9.95. The number of fused-ring (bicyclic) bond motifs is 1. The van der Waals surface area contributed by atoms with Crippen LogP contribution >= 0.6 is 0 Å². The van der Waals surface area contributed by atoms with E-state index in [-0.39, 0.29) is 11.7 Å². The summed E-state index contributed by atoms with van der Waals surface area (Å²) in [6.45, 7) is 6.10. The first-order valence-corrected chi connectivity index (χ1v) is 7.17. The standard InChI is InChI=1S/C16H22O3/c1-4-6-8-14-12(7-5-2)10-13-15(19-14)9-11(3)18-16(13)17/h9-10,14H,4-8H2,1-3H3. The maximum absolute atomic E-state index is 11.9. The highest BCUT2D eigenvalue weighted by Gasteiger charge is 2.24. The molecule has 104 valence electrons. The van der Waals surface area contributed by atoms with Crippen molar-refractivity contribution in [2.45, 2.75) is 59.0 Å². The monoisotopic (exact) mass is 262 g/mol. The van der Waals surface area contributed by atoms with Crippen molar-refractivity contribution in [1.29, 1.82) is 0 Å². The molecule has 2 rings (SSSR count). The molecule has 0 amide bonds. The zero-order chi connectivity index (χ0) is 13.8. The van der Waals surface area contributed by atoms with E-state index in [2.05, 4.69) is 13.8 Å². The fraction of sp³-hybridized carbons (Fsp3) is 0.562. The van der Waals surface area contributed by atoms with Gasteiger partial charge < -0.3 is 9.15 Å². The SMILES string of the molecule is CCCCC1Oc2cc(C)oc(=O)c2C=C1CCC. The minimum Gasteiger partial charge on any atom is -0.485 e. The second-order valence-electron chi connectivity index (χ2n) is 5.14. The van der Waals surface area contributed by atoms with Gasteiger partial charge in [0.25, 0.3) is 0 Å². The average molecular weight is 262 g/mol. The summed E-state index contributed by atoms with van der Waals surface area (Å²) in [5.41, 5.74) is 1.50. The second kappa shape index (κ2) is 6.09. The molecule has 1 aromatic heterocycles. The quantitative estimate of drug-likeness (QED) is 0.802. The minimum absolute atomic E-state index is 0.119. The summed E-state index contributed by atoms with van der Waals surface area (Å²) in [4.78, 5) is 11.9. The van der Waals surface area contributed by atoms with Crippen molar-refractivity contribution >= 4 is 6.08 Å². The molecule has 0 fully saturated rings. The summed E-state index contributed by atoms with van der Waals surface area (Å²) < 4.78 is 11.2. The molecule has 0 N–H and O–H groups in total. The first kappa shape index (κ1) is 13.9. The predicted molar refractivity (Wildman–Crippen MR) is 76.5 cm³/mol. The molecular weight excluding hydrogens is 240 g/mol. The summed E-state index contributed by atoms with van der Waals surface area (Å²) in [5, 5.41) is 0. The van der Waals surface area contributed by atoms with Crippen LogP contribution in [0.5, 0.6) is 5.75 Å². The van der Waals surface area contributed by atoms with Crippen molar-refractivity contribution in [2.75, 3.05) is 0 Å². The molecule has 0 aliphatic carbocycles. The predicted octanol–water partition coefficient (Wildman–Crippen LogP) is 4.08. The van der Waals surface area contributed by atoms with Gasteiger partial charge in [-0.3, -0.25) is 0 Å². The van der Waals surface area contributed by atoms with E-state index in [1.807, 2.05) is 12.1 Å². The normalized spacial score (nSPS) is 17.6. The lowest BCUT2D eigenvalue weighted by molar-refractivity contribution is 0.211. The summed E-state index contributed by atoms with van der Waals surface area (Å²) in [6, 6.07) is 1.81. The molecule has 0 bridgehead atoms. The van der Waals surface area contributed by atoms with Gasteiger partial charge in [-0.05, 0) is 37.8 Å². The largest absolute Gasteiger partial charge is 0.485 e. The van der Waals surface area contributed by atoms with Crippen molar-refractivity contribution in [3.05, 3.63) is 33.4 Å². The summed E-state index contributed by atoms with van der Waals surface area (Å²) >= 11 is 0. The van der Waals surface area contributed by atoms with E-state index in [0.717, 1.165) is 32.1 Å². The molecule has 2 heterocycles. The third kappa shape index (κ3) is 3.09. The number of rotatable bonds is 5. The highest BCUT2D eigenvalue weighted by Crippen LogP contribution is 2.32. The summed E-state index contributed by atoms with van der Waals surface area (Å²) in [6.07, 6.45) is 7.44. The Kier molecular flexibility index (Phi) is 4.46. The third-order valence-corrected chi connectivity index (χ3v) is 3.44. The molecular formula is C16H22O3. The van der Waals surface area contributed by atoms with Crippen LogP contribution in [-0.2, 0) is 0 Å². The van der Waals surface area contributed by atoms with Crippen LogP contribution in [-0.4, -0.2) is 6.10 Å². The number of hydrogen-bond donors (Lipinski definition) is 0. The van der Waals surface area contributed by atoms with Crippen molar-refractivity contribution < 1.29 is 9.15 Å². The second-order valence-corrected chi connectivity index (χ2v) is 5.14. The first-order valence-electron chi connectivity index (χ1n) is 7.17. The molecule has 1 atom stereocenters. The molecule has 3 heteroatoms. The van der Waals surface area contributed by atoms with Gasteiger partial charge in [0.05, 0.1) is 0 Å². The smallest absolute Gasteiger partial charge is 0.346 e. The number of unbranched alkanes of at least 4 members (excludes halogenated alkanes) is 1. The van der Waals surface area contributed by atoms with E-state index in [0.29, 0.717) is 17.1 Å². The third-order valence-electron chi connectivity index (χ3n) is 3.44. The van der Waals surface area contributed by atoms with Crippen LogP contribution in [0.3, 0.4) is 0 Å². The molecule has 19 heavy (non-hydrogen) atoms. The van der Waals surface area contributed by atoms with Gasteiger partial charge >= 0.3 is 5.63 Å².